The van der Waals surface area contributed by atoms with Crippen LogP contribution in [0.3, 0.4) is 0 Å². The molecule has 0 aliphatic carbocycles. The number of ether oxygens (including phenoxy) is 6. The lowest BCUT2D eigenvalue weighted by Crippen LogP contribution is -2.40. The largest absolute Gasteiger partial charge is 0.424 e. The molecular weight excluding hydrogens is 1110 g/mol. The van der Waals surface area contributed by atoms with Gasteiger partial charge in [0.05, 0.1) is 95.9 Å². The topological polar surface area (TPSA) is 349 Å². The summed E-state index contributed by atoms with van der Waals surface area (Å²) in [7, 11) is 5.40. The molecule has 2 aromatic carbocycles. The van der Waals surface area contributed by atoms with Crippen LogP contribution in [-0.4, -0.2) is 216 Å². The van der Waals surface area contributed by atoms with Crippen LogP contribution in [0.25, 0.3) is 44.4 Å². The zero-order valence-electron chi connectivity index (χ0n) is 49.6. The molecule has 0 saturated carbocycles. The van der Waals surface area contributed by atoms with E-state index in [2.05, 4.69) is 40.5 Å². The summed E-state index contributed by atoms with van der Waals surface area (Å²) in [5.74, 6) is -0.355. The predicted octanol–water partition coefficient (Wildman–Crippen LogP) is 3.37. The van der Waals surface area contributed by atoms with E-state index in [1.54, 1.807) is 51.5 Å². The molecule has 4 amide bonds. The van der Waals surface area contributed by atoms with Crippen molar-refractivity contribution >= 4 is 80.1 Å². The second kappa shape index (κ2) is 31.8. The maximum atomic E-state index is 13.9. The first-order valence-corrected chi connectivity index (χ1v) is 28.8. The molecule has 7 aromatic rings. The first kappa shape index (κ1) is 63.8. The van der Waals surface area contributed by atoms with E-state index in [9.17, 15) is 19.2 Å². The van der Waals surface area contributed by atoms with Crippen LogP contribution in [0.1, 0.15) is 58.9 Å². The summed E-state index contributed by atoms with van der Waals surface area (Å²) in [6.45, 7) is 11.4. The zero-order valence-corrected chi connectivity index (χ0v) is 49.6. The number of nitrogens with zero attached hydrogens (tertiary/aromatic N) is 12. The molecule has 0 unspecified atom stereocenters. The normalized spacial score (nSPS) is 13.7. The Labute approximate surface area is 498 Å². The smallest absolute Gasteiger partial charge is 0.292 e. The highest BCUT2D eigenvalue weighted by molar-refractivity contribution is 6.13. The molecule has 1 aliphatic heterocycles. The van der Waals surface area contributed by atoms with Crippen LogP contribution >= 0.6 is 0 Å². The van der Waals surface area contributed by atoms with Gasteiger partial charge in [-0.2, -0.15) is 15.2 Å². The Kier molecular flexibility index (Phi) is 23.6. The second-order valence-electron chi connectivity index (χ2n) is 20.9. The van der Waals surface area contributed by atoms with Gasteiger partial charge in [0, 0.05) is 70.7 Å². The number of nitrogens with two attached hydrogens (primary N) is 3. The van der Waals surface area contributed by atoms with Gasteiger partial charge in [0.25, 0.3) is 11.9 Å². The number of aryl methyl sites for hydroxylation is 1. The number of unbranched alkanes of at least 4 members (excludes halogenated alkanes) is 1. The number of amides is 4. The number of likely N-dealkylation sites (N-methyl/N-ethyl adjacent to an activating group) is 2. The number of hydrogen-bond acceptors (Lipinski definition) is 22. The Morgan fingerprint density at radius 3 is 2.13 bits per heavy atom. The summed E-state index contributed by atoms with van der Waals surface area (Å²) < 4.78 is 42.4. The lowest BCUT2D eigenvalue weighted by Gasteiger charge is -2.32. The number of nitrogens with one attached hydrogen (secondary N) is 2. The minimum atomic E-state index is -0.470. The van der Waals surface area contributed by atoms with E-state index in [0.717, 1.165) is 41.5 Å². The highest BCUT2D eigenvalue weighted by atomic mass is 16.6. The molecule has 28 heteroatoms. The number of hydrogen-bond donors (Lipinski definition) is 5. The molecule has 0 bridgehead atoms. The third kappa shape index (κ3) is 17.4. The lowest BCUT2D eigenvalue weighted by molar-refractivity contribution is -0.128. The second-order valence-corrected chi connectivity index (χ2v) is 20.9. The van der Waals surface area contributed by atoms with Crippen LogP contribution < -0.4 is 27.8 Å². The summed E-state index contributed by atoms with van der Waals surface area (Å²) in [5.41, 5.74) is 25.2. The van der Waals surface area contributed by atoms with Gasteiger partial charge in [0.1, 0.15) is 42.1 Å². The van der Waals surface area contributed by atoms with Gasteiger partial charge >= 0.3 is 0 Å². The molecule has 5 aromatic heterocycles. The third-order valence-electron chi connectivity index (χ3n) is 14.5. The maximum absolute atomic E-state index is 13.9. The van der Waals surface area contributed by atoms with Gasteiger partial charge in [-0.1, -0.05) is 12.1 Å². The standard InChI is InChI=1S/C58H79N17O11/c1-38-39(2)43(14-12-40(38)33-48(78)71(3)4)67-57(79)52-50-54(60)64-37-66-56(50)75(70-52)42-10-8-18-73(34-42)47(77)11-9-17-72(5)20-21-80-22-23-81-24-25-82-26-27-83-28-29-84-30-31-85-35-46(76)62-16-6-7-19-74-55-49(53(59)63-36-65-55)51(69-74)41-13-15-45-44(32-41)68-58(61)86-45/h9,11-15,32,36-37,42H,6-8,10,16-31,33-35H2,1-5H3,(H2,61,68)(H,62,76)(H,67,79)(H2,59,63,65)(H2,60,64,66)/b11-9+/t42-/m1/s1. The van der Waals surface area contributed by atoms with Crippen LogP contribution in [0.2, 0.25) is 0 Å². The quantitative estimate of drug-likeness (QED) is 0.0285. The number of nitrogen functional groups attached to an aromatic ring is 3. The SMILES string of the molecule is Cc1c(CC(=O)N(C)C)ccc(NC(=O)c2nn([C@@H]3CCCN(C(=O)/C=C/CN(C)CCOCCOCCOCCOCCOCCOCC(=O)NCCCCn4nc(-c5ccc6oc(N)nc6c5)c5c(N)ncnc54)C3)c3ncnc(N)c23)c1C. The summed E-state index contributed by atoms with van der Waals surface area (Å²) in [5, 5.41) is 16.4. The zero-order chi connectivity index (χ0) is 61.0. The average Bonchev–Trinajstić information content (AvgIpc) is 2.06. The molecule has 1 fully saturated rings. The van der Waals surface area contributed by atoms with Crippen molar-refractivity contribution in [2.24, 2.45) is 0 Å². The van der Waals surface area contributed by atoms with Crippen LogP contribution in [0, 0.1) is 13.8 Å². The Morgan fingerprint density at radius 2 is 1.43 bits per heavy atom. The number of anilines is 4. The summed E-state index contributed by atoms with van der Waals surface area (Å²) >= 11 is 0. The summed E-state index contributed by atoms with van der Waals surface area (Å²) in [6.07, 6.45) is 9.35. The van der Waals surface area contributed by atoms with Gasteiger partial charge in [-0.05, 0) is 87.5 Å². The Morgan fingerprint density at radius 1 is 0.767 bits per heavy atom. The van der Waals surface area contributed by atoms with Crippen molar-refractivity contribution < 1.29 is 52.0 Å². The van der Waals surface area contributed by atoms with E-state index in [0.29, 0.717) is 162 Å². The number of aromatic nitrogens is 9. The maximum Gasteiger partial charge on any atom is 0.292 e. The van der Waals surface area contributed by atoms with Gasteiger partial charge in [-0.15, -0.1) is 0 Å². The van der Waals surface area contributed by atoms with Gasteiger partial charge in [-0.3, -0.25) is 19.2 Å². The monoisotopic (exact) mass is 1190 g/mol. The highest BCUT2D eigenvalue weighted by Gasteiger charge is 2.30. The van der Waals surface area contributed by atoms with Gasteiger partial charge in [0.2, 0.25) is 17.7 Å². The summed E-state index contributed by atoms with van der Waals surface area (Å²) in [4.78, 5) is 78.8. The molecule has 8 N–H and O–H groups in total. The first-order chi connectivity index (χ1) is 41.7. The van der Waals surface area contributed by atoms with Crippen molar-refractivity contribution in [3.05, 3.63) is 77.5 Å². The number of likely N-dealkylation sites (tertiary alicyclic amines) is 1. The average molecular weight is 1190 g/mol. The molecule has 8 rings (SSSR count). The molecule has 28 nitrogen and oxygen atoms in total. The number of benzene rings is 2. The number of fused-ring (bicyclic) bond motifs is 3. The van der Waals surface area contributed by atoms with Crippen LogP contribution in [0.4, 0.5) is 23.3 Å². The van der Waals surface area contributed by atoms with Crippen molar-refractivity contribution in [1.82, 2.24) is 64.5 Å². The highest BCUT2D eigenvalue weighted by Crippen LogP contribution is 2.33. The number of rotatable bonds is 34. The first-order valence-electron chi connectivity index (χ1n) is 28.8. The van der Waals surface area contributed by atoms with E-state index in [-0.39, 0.29) is 60.9 Å². The predicted molar refractivity (Wildman–Crippen MR) is 322 cm³/mol. The van der Waals surface area contributed by atoms with Crippen molar-refractivity contribution in [3.63, 3.8) is 0 Å². The fourth-order valence-corrected chi connectivity index (χ4v) is 9.63. The molecule has 86 heavy (non-hydrogen) atoms. The molecule has 462 valence electrons. The minimum absolute atomic E-state index is 0.0151. The number of carbonyl (C=O) groups is 4. The Balaban J connectivity index is 0.602. The fourth-order valence-electron chi connectivity index (χ4n) is 9.63. The van der Waals surface area contributed by atoms with Crippen molar-refractivity contribution in [2.75, 3.05) is 156 Å². The molecule has 6 heterocycles. The number of carbonyl (C=O) groups excluding carboxylic acids is 4. The lowest BCUT2D eigenvalue weighted by atomic mass is 9.98. The Bertz CT molecular complexity index is 3440. The molecule has 1 aliphatic rings. The number of oxazole rings is 1. The van der Waals surface area contributed by atoms with Crippen LogP contribution in [0.5, 0.6) is 0 Å². The van der Waals surface area contributed by atoms with Gasteiger partial charge < -0.3 is 75.4 Å². The minimum Gasteiger partial charge on any atom is -0.424 e. The van der Waals surface area contributed by atoms with Crippen LogP contribution in [0.15, 0.2) is 59.6 Å². The third-order valence-corrected chi connectivity index (χ3v) is 14.5. The molecule has 1 saturated heterocycles. The van der Waals surface area contributed by atoms with E-state index in [4.69, 9.17) is 60.2 Å². The van der Waals surface area contributed by atoms with Gasteiger partial charge in [0.15, 0.2) is 22.6 Å². The molecule has 0 radical (unpaired) electrons. The Hall–Kier alpha value is -8.25. The molecule has 1 atom stereocenters. The van der Waals surface area contributed by atoms with Gasteiger partial charge in [-0.25, -0.2) is 29.3 Å². The molecule has 0 spiro atoms. The van der Waals surface area contributed by atoms with Crippen molar-refractivity contribution in [1.29, 1.82) is 0 Å². The number of piperidine rings is 1. The summed E-state index contributed by atoms with van der Waals surface area (Å²) in [6, 6.07) is 8.95. The van der Waals surface area contributed by atoms with E-state index >= 15 is 0 Å². The van der Waals surface area contributed by atoms with Crippen LogP contribution in [-0.2, 0) is 55.8 Å². The van der Waals surface area contributed by atoms with Crippen molar-refractivity contribution in [2.45, 2.75) is 58.5 Å². The van der Waals surface area contributed by atoms with E-state index in [1.807, 2.05) is 45.2 Å². The van der Waals surface area contributed by atoms with E-state index in [1.165, 1.54) is 12.7 Å². The fraction of sp³-hybridized carbons (Fsp3) is 0.500. The van der Waals surface area contributed by atoms with E-state index < -0.39 is 5.91 Å². The van der Waals surface area contributed by atoms with Crippen molar-refractivity contribution in [3.8, 4) is 11.3 Å². The molecular formula is C58H79N17O11.